The van der Waals surface area contributed by atoms with Crippen LogP contribution in [0.2, 0.25) is 0 Å². The van der Waals surface area contributed by atoms with Crippen LogP contribution < -0.4 is 4.74 Å². The van der Waals surface area contributed by atoms with Gasteiger partial charge in [0.15, 0.2) is 0 Å². The molecule has 124 valence electrons. The summed E-state index contributed by atoms with van der Waals surface area (Å²) in [6.45, 7) is 1.83. The second-order valence-electron chi connectivity index (χ2n) is 5.42. The standard InChI is InChI=1S/C17H17FN4O2/c1-11-8-13(6-7-15(11)18)17-19-21-22(20-17)10-16(23)12-4-3-5-14(9-12)24-2/h3-9,16,23H,10H2,1-2H3. The lowest BCUT2D eigenvalue weighted by Crippen LogP contribution is -2.11. The van der Waals surface area contributed by atoms with E-state index in [0.717, 1.165) is 0 Å². The van der Waals surface area contributed by atoms with Crippen molar-refractivity contribution in [3.8, 4) is 17.1 Å². The number of hydrogen-bond acceptors (Lipinski definition) is 5. The van der Waals surface area contributed by atoms with Crippen molar-refractivity contribution in [3.05, 3.63) is 59.4 Å². The Morgan fingerprint density at radius 2 is 2.08 bits per heavy atom. The highest BCUT2D eigenvalue weighted by molar-refractivity contribution is 5.55. The third-order valence-corrected chi connectivity index (χ3v) is 3.68. The second-order valence-corrected chi connectivity index (χ2v) is 5.42. The van der Waals surface area contributed by atoms with Crippen molar-refractivity contribution < 1.29 is 14.2 Å². The summed E-state index contributed by atoms with van der Waals surface area (Å²) in [7, 11) is 1.57. The van der Waals surface area contributed by atoms with Crippen molar-refractivity contribution in [1.29, 1.82) is 0 Å². The summed E-state index contributed by atoms with van der Waals surface area (Å²) in [5.41, 5.74) is 1.89. The molecule has 0 radical (unpaired) electrons. The number of aryl methyl sites for hydroxylation is 1. The SMILES string of the molecule is COc1cccc(C(O)Cn2nnc(-c3ccc(F)c(C)c3)n2)c1. The number of ether oxygens (including phenoxy) is 1. The van der Waals surface area contributed by atoms with Gasteiger partial charge in [-0.1, -0.05) is 12.1 Å². The number of rotatable bonds is 5. The van der Waals surface area contributed by atoms with Crippen molar-refractivity contribution in [2.24, 2.45) is 0 Å². The molecule has 0 bridgehead atoms. The lowest BCUT2D eigenvalue weighted by Gasteiger charge is -2.10. The molecule has 1 heterocycles. The van der Waals surface area contributed by atoms with Crippen LogP contribution in [-0.2, 0) is 6.54 Å². The van der Waals surface area contributed by atoms with Crippen molar-refractivity contribution in [1.82, 2.24) is 20.2 Å². The minimum Gasteiger partial charge on any atom is -0.497 e. The zero-order valence-corrected chi connectivity index (χ0v) is 13.3. The van der Waals surface area contributed by atoms with E-state index in [2.05, 4.69) is 15.4 Å². The maximum atomic E-state index is 13.3. The van der Waals surface area contributed by atoms with Crippen LogP contribution in [0, 0.1) is 12.7 Å². The Bertz CT molecular complexity index is 850. The molecule has 0 aliphatic rings. The predicted octanol–water partition coefficient (Wildman–Crippen LogP) is 2.53. The fraction of sp³-hybridized carbons (Fsp3) is 0.235. The predicted molar refractivity (Wildman–Crippen MR) is 85.9 cm³/mol. The first-order chi connectivity index (χ1) is 11.6. The van der Waals surface area contributed by atoms with Gasteiger partial charge in [0.2, 0.25) is 5.82 Å². The van der Waals surface area contributed by atoms with E-state index in [9.17, 15) is 9.50 Å². The normalized spacial score (nSPS) is 12.2. The van der Waals surface area contributed by atoms with E-state index in [1.54, 1.807) is 50.4 Å². The van der Waals surface area contributed by atoms with E-state index >= 15 is 0 Å². The third kappa shape index (κ3) is 3.41. The van der Waals surface area contributed by atoms with Gasteiger partial charge in [0, 0.05) is 5.56 Å². The molecule has 6 nitrogen and oxygen atoms in total. The number of nitrogens with zero attached hydrogens (tertiary/aromatic N) is 4. The van der Waals surface area contributed by atoms with Crippen LogP contribution in [0.5, 0.6) is 5.75 Å². The summed E-state index contributed by atoms with van der Waals surface area (Å²) in [4.78, 5) is 1.32. The van der Waals surface area contributed by atoms with Gasteiger partial charge >= 0.3 is 0 Å². The summed E-state index contributed by atoms with van der Waals surface area (Å²) in [6, 6.07) is 11.8. The van der Waals surface area contributed by atoms with Crippen molar-refractivity contribution in [2.45, 2.75) is 19.6 Å². The first-order valence-electron chi connectivity index (χ1n) is 7.43. The van der Waals surface area contributed by atoms with Crippen LogP contribution in [-0.4, -0.2) is 32.4 Å². The molecule has 3 rings (SSSR count). The molecule has 0 aliphatic carbocycles. The van der Waals surface area contributed by atoms with Gasteiger partial charge in [0.25, 0.3) is 0 Å². The van der Waals surface area contributed by atoms with Gasteiger partial charge in [-0.15, -0.1) is 10.2 Å². The molecule has 0 saturated heterocycles. The number of hydrogen-bond donors (Lipinski definition) is 1. The molecule has 0 spiro atoms. The van der Waals surface area contributed by atoms with Crippen LogP contribution in [0.3, 0.4) is 0 Å². The molecule has 0 aliphatic heterocycles. The molecule has 2 aromatic carbocycles. The second kappa shape index (κ2) is 6.76. The molecular formula is C17H17FN4O2. The molecule has 7 heteroatoms. The van der Waals surface area contributed by atoms with Crippen LogP contribution in [0.15, 0.2) is 42.5 Å². The van der Waals surface area contributed by atoms with E-state index in [-0.39, 0.29) is 12.4 Å². The highest BCUT2D eigenvalue weighted by Gasteiger charge is 2.13. The Hall–Kier alpha value is -2.80. The van der Waals surface area contributed by atoms with E-state index in [4.69, 9.17) is 4.74 Å². The number of aromatic nitrogens is 4. The van der Waals surface area contributed by atoms with Crippen molar-refractivity contribution in [2.75, 3.05) is 7.11 Å². The molecule has 24 heavy (non-hydrogen) atoms. The molecule has 1 atom stereocenters. The smallest absolute Gasteiger partial charge is 0.204 e. The van der Waals surface area contributed by atoms with Gasteiger partial charge in [0.05, 0.1) is 13.7 Å². The minimum absolute atomic E-state index is 0.153. The van der Waals surface area contributed by atoms with Crippen molar-refractivity contribution >= 4 is 0 Å². The van der Waals surface area contributed by atoms with E-state index in [1.165, 1.54) is 10.9 Å². The topological polar surface area (TPSA) is 73.1 Å². The Morgan fingerprint density at radius 3 is 2.83 bits per heavy atom. The molecule has 3 aromatic rings. The largest absolute Gasteiger partial charge is 0.497 e. The number of halogens is 1. The van der Waals surface area contributed by atoms with Gasteiger partial charge in [-0.25, -0.2) is 4.39 Å². The van der Waals surface area contributed by atoms with Gasteiger partial charge in [0.1, 0.15) is 17.7 Å². The third-order valence-electron chi connectivity index (χ3n) is 3.68. The minimum atomic E-state index is -0.794. The van der Waals surface area contributed by atoms with Crippen LogP contribution in [0.25, 0.3) is 11.4 Å². The zero-order valence-electron chi connectivity index (χ0n) is 13.3. The first kappa shape index (κ1) is 16.1. The van der Waals surface area contributed by atoms with E-state index in [1.807, 2.05) is 0 Å². The number of tetrazole rings is 1. The molecule has 0 amide bonds. The quantitative estimate of drug-likeness (QED) is 0.779. The molecule has 1 unspecified atom stereocenters. The van der Waals surface area contributed by atoms with Gasteiger partial charge in [-0.3, -0.25) is 0 Å². The Balaban J connectivity index is 1.76. The molecular weight excluding hydrogens is 311 g/mol. The molecule has 0 fully saturated rings. The Labute approximate surface area is 138 Å². The van der Waals surface area contributed by atoms with Crippen LogP contribution >= 0.6 is 0 Å². The highest BCUT2D eigenvalue weighted by atomic mass is 19.1. The van der Waals surface area contributed by atoms with E-state index in [0.29, 0.717) is 28.3 Å². The summed E-state index contributed by atoms with van der Waals surface area (Å²) in [6.07, 6.45) is -0.794. The number of benzene rings is 2. The summed E-state index contributed by atoms with van der Waals surface area (Å²) in [5, 5.41) is 22.5. The average Bonchev–Trinajstić information content (AvgIpc) is 3.06. The lowest BCUT2D eigenvalue weighted by molar-refractivity contribution is 0.144. The lowest BCUT2D eigenvalue weighted by atomic mass is 10.1. The Kier molecular flexibility index (Phi) is 4.52. The van der Waals surface area contributed by atoms with Crippen LogP contribution in [0.4, 0.5) is 4.39 Å². The maximum Gasteiger partial charge on any atom is 0.204 e. The fourth-order valence-corrected chi connectivity index (χ4v) is 2.33. The first-order valence-corrected chi connectivity index (χ1v) is 7.43. The molecule has 1 aromatic heterocycles. The Morgan fingerprint density at radius 1 is 1.25 bits per heavy atom. The number of aliphatic hydroxyl groups is 1. The average molecular weight is 328 g/mol. The van der Waals surface area contributed by atoms with Gasteiger partial charge in [-0.05, 0) is 53.6 Å². The monoisotopic (exact) mass is 328 g/mol. The van der Waals surface area contributed by atoms with Gasteiger partial charge in [-0.2, -0.15) is 4.80 Å². The summed E-state index contributed by atoms with van der Waals surface area (Å²) < 4.78 is 18.5. The summed E-state index contributed by atoms with van der Waals surface area (Å²) in [5.74, 6) is 0.774. The highest BCUT2D eigenvalue weighted by Crippen LogP contribution is 2.21. The maximum absolute atomic E-state index is 13.3. The van der Waals surface area contributed by atoms with E-state index < -0.39 is 6.10 Å². The fourth-order valence-electron chi connectivity index (χ4n) is 2.33. The van der Waals surface area contributed by atoms with Gasteiger partial charge < -0.3 is 9.84 Å². The van der Waals surface area contributed by atoms with Crippen LogP contribution in [0.1, 0.15) is 17.2 Å². The number of aliphatic hydroxyl groups excluding tert-OH is 1. The summed E-state index contributed by atoms with van der Waals surface area (Å²) >= 11 is 0. The molecule has 0 saturated carbocycles. The van der Waals surface area contributed by atoms with Crippen molar-refractivity contribution in [3.63, 3.8) is 0 Å². The zero-order chi connectivity index (χ0) is 17.1. The number of methoxy groups -OCH3 is 1. The molecule has 1 N–H and O–H groups in total.